The van der Waals surface area contributed by atoms with Gasteiger partial charge in [-0.3, -0.25) is 4.72 Å². The van der Waals surface area contributed by atoms with Gasteiger partial charge in [-0.2, -0.15) is 4.37 Å². The lowest BCUT2D eigenvalue weighted by Gasteiger charge is -2.07. The molecule has 6 nitrogen and oxygen atoms in total. The summed E-state index contributed by atoms with van der Waals surface area (Å²) in [5.41, 5.74) is 0.104. The molecule has 0 saturated heterocycles. The topological polar surface area (TPSA) is 96.4 Å². The molecule has 20 heavy (non-hydrogen) atoms. The van der Waals surface area contributed by atoms with E-state index in [0.717, 1.165) is 11.5 Å². The largest absolute Gasteiger partial charge is 0.478 e. The Morgan fingerprint density at radius 3 is 2.75 bits per heavy atom. The first-order valence-corrected chi connectivity index (χ1v) is 7.92. The van der Waals surface area contributed by atoms with Gasteiger partial charge in [-0.05, 0) is 36.7 Å². The van der Waals surface area contributed by atoms with Gasteiger partial charge in [0.25, 0.3) is 10.0 Å². The van der Waals surface area contributed by atoms with Crippen molar-refractivity contribution in [3.8, 4) is 0 Å². The highest BCUT2D eigenvalue weighted by Crippen LogP contribution is 2.27. The van der Waals surface area contributed by atoms with Gasteiger partial charge in [0.1, 0.15) is 10.6 Å². The molecule has 1 aromatic carbocycles. The maximum Gasteiger partial charge on any atom is 0.340 e. The van der Waals surface area contributed by atoms with Crippen LogP contribution in [0.25, 0.3) is 0 Å². The molecule has 0 fully saturated rings. The molecule has 0 radical (unpaired) electrons. The van der Waals surface area contributed by atoms with Gasteiger partial charge >= 0.3 is 5.97 Å². The van der Waals surface area contributed by atoms with Crippen molar-refractivity contribution in [3.05, 3.63) is 40.5 Å². The Morgan fingerprint density at radius 1 is 1.45 bits per heavy atom. The number of aryl methyl sites for hydroxylation is 1. The van der Waals surface area contributed by atoms with Crippen LogP contribution in [-0.4, -0.2) is 23.9 Å². The molecule has 0 aliphatic carbocycles. The van der Waals surface area contributed by atoms with Crippen LogP contribution in [0.2, 0.25) is 5.02 Å². The number of aromatic carboxylic acids is 1. The summed E-state index contributed by atoms with van der Waals surface area (Å²) in [5, 5.41) is 9.30. The van der Waals surface area contributed by atoms with Crippen LogP contribution < -0.4 is 4.72 Å². The van der Waals surface area contributed by atoms with Gasteiger partial charge in [0, 0.05) is 5.02 Å². The van der Waals surface area contributed by atoms with Crippen molar-refractivity contribution in [3.63, 3.8) is 0 Å². The Morgan fingerprint density at radius 2 is 2.15 bits per heavy atom. The molecule has 0 atom stereocenters. The van der Waals surface area contributed by atoms with E-state index in [2.05, 4.69) is 9.10 Å². The second-order valence-electron chi connectivity index (χ2n) is 3.84. The monoisotopic (exact) mass is 332 g/mol. The predicted octanol–water partition coefficient (Wildman–Crippen LogP) is 2.60. The van der Waals surface area contributed by atoms with E-state index in [4.69, 9.17) is 16.7 Å². The number of halogens is 1. The Hall–Kier alpha value is -1.64. The van der Waals surface area contributed by atoms with E-state index in [-0.39, 0.29) is 26.2 Å². The first-order chi connectivity index (χ1) is 9.31. The number of rotatable bonds is 4. The maximum atomic E-state index is 12.2. The third-order valence-corrected chi connectivity index (χ3v) is 4.98. The zero-order valence-electron chi connectivity index (χ0n) is 10.1. The van der Waals surface area contributed by atoms with E-state index in [1.165, 1.54) is 25.1 Å². The zero-order chi connectivity index (χ0) is 14.9. The highest BCUT2D eigenvalue weighted by Gasteiger charge is 2.23. The number of aromatic nitrogens is 1. The Balaban J connectivity index is 2.41. The van der Waals surface area contributed by atoms with Crippen molar-refractivity contribution in [2.75, 3.05) is 4.72 Å². The van der Waals surface area contributed by atoms with Crippen molar-refractivity contribution in [1.29, 1.82) is 0 Å². The standard InChI is InChI=1S/C11H9ClN2O4S2/c1-6-9(11(15)16)10(19-13-6)14-20(17,18)8-4-2-3-7(12)5-8/h2-5,14H,1H3,(H,15,16). The minimum Gasteiger partial charge on any atom is -0.478 e. The minimum absolute atomic E-state index is 0.0324. The quantitative estimate of drug-likeness (QED) is 0.897. The van der Waals surface area contributed by atoms with E-state index < -0.39 is 16.0 Å². The third kappa shape index (κ3) is 2.92. The first-order valence-electron chi connectivity index (χ1n) is 5.29. The molecule has 0 spiro atoms. The normalized spacial score (nSPS) is 11.3. The summed E-state index contributed by atoms with van der Waals surface area (Å²) in [7, 11) is -3.91. The molecule has 106 valence electrons. The van der Waals surface area contributed by atoms with Gasteiger partial charge in [-0.15, -0.1) is 0 Å². The van der Waals surface area contributed by atoms with Crippen molar-refractivity contribution >= 4 is 44.1 Å². The lowest BCUT2D eigenvalue weighted by molar-refractivity contribution is 0.0697. The summed E-state index contributed by atoms with van der Waals surface area (Å²) in [6.45, 7) is 1.50. The van der Waals surface area contributed by atoms with Crippen molar-refractivity contribution in [1.82, 2.24) is 4.37 Å². The average Bonchev–Trinajstić information content (AvgIpc) is 2.69. The fourth-order valence-corrected chi connectivity index (χ4v) is 3.89. The van der Waals surface area contributed by atoms with Crippen LogP contribution in [0, 0.1) is 6.92 Å². The lowest BCUT2D eigenvalue weighted by Crippen LogP contribution is -2.14. The van der Waals surface area contributed by atoms with Crippen LogP contribution in [-0.2, 0) is 10.0 Å². The van der Waals surface area contributed by atoms with E-state index in [9.17, 15) is 13.2 Å². The molecule has 0 saturated carbocycles. The first kappa shape index (κ1) is 14.8. The van der Waals surface area contributed by atoms with Crippen LogP contribution in [0.4, 0.5) is 5.00 Å². The maximum absolute atomic E-state index is 12.2. The van der Waals surface area contributed by atoms with Crippen LogP contribution in [0.1, 0.15) is 16.1 Å². The highest BCUT2D eigenvalue weighted by atomic mass is 35.5. The summed E-state index contributed by atoms with van der Waals surface area (Å²) >= 11 is 6.52. The van der Waals surface area contributed by atoms with Crippen LogP contribution in [0.15, 0.2) is 29.2 Å². The number of hydrogen-bond acceptors (Lipinski definition) is 5. The molecule has 0 unspecified atom stereocenters. The molecule has 2 N–H and O–H groups in total. The van der Waals surface area contributed by atoms with E-state index >= 15 is 0 Å². The van der Waals surface area contributed by atoms with E-state index in [0.29, 0.717) is 0 Å². The second-order valence-corrected chi connectivity index (χ2v) is 6.73. The number of anilines is 1. The van der Waals surface area contributed by atoms with E-state index in [1.807, 2.05) is 0 Å². The Labute approximate surface area is 124 Å². The molecule has 0 aliphatic heterocycles. The average molecular weight is 333 g/mol. The van der Waals surface area contributed by atoms with Crippen LogP contribution in [0.5, 0.6) is 0 Å². The van der Waals surface area contributed by atoms with Crippen molar-refractivity contribution in [2.45, 2.75) is 11.8 Å². The van der Waals surface area contributed by atoms with Gasteiger partial charge in [-0.25, -0.2) is 13.2 Å². The summed E-state index contributed by atoms with van der Waals surface area (Å²) < 4.78 is 30.4. The van der Waals surface area contributed by atoms with Crippen molar-refractivity contribution < 1.29 is 18.3 Å². The fraction of sp³-hybridized carbons (Fsp3) is 0.0909. The summed E-state index contributed by atoms with van der Waals surface area (Å²) in [6.07, 6.45) is 0. The summed E-state index contributed by atoms with van der Waals surface area (Å²) in [6, 6.07) is 5.67. The Bertz CT molecular complexity index is 770. The summed E-state index contributed by atoms with van der Waals surface area (Å²) in [4.78, 5) is 11.0. The number of carboxylic acids is 1. The number of sulfonamides is 1. The van der Waals surface area contributed by atoms with Gasteiger partial charge in [0.15, 0.2) is 0 Å². The molecule has 1 aromatic heterocycles. The SMILES string of the molecule is Cc1nsc(NS(=O)(=O)c2cccc(Cl)c2)c1C(=O)O. The number of nitrogens with zero attached hydrogens (tertiary/aromatic N) is 1. The van der Waals surface area contributed by atoms with E-state index in [1.54, 1.807) is 6.07 Å². The van der Waals surface area contributed by atoms with Gasteiger partial charge < -0.3 is 5.11 Å². The Kier molecular flexibility index (Phi) is 3.98. The second kappa shape index (κ2) is 5.39. The van der Waals surface area contributed by atoms with Gasteiger partial charge in [0.05, 0.1) is 10.6 Å². The molecule has 2 aromatic rings. The predicted molar refractivity (Wildman–Crippen MR) is 76.1 cm³/mol. The van der Waals surface area contributed by atoms with Gasteiger partial charge in [-0.1, -0.05) is 17.7 Å². The number of hydrogen-bond donors (Lipinski definition) is 2. The molecular weight excluding hydrogens is 324 g/mol. The summed E-state index contributed by atoms with van der Waals surface area (Å²) in [5.74, 6) is -1.24. The minimum atomic E-state index is -3.91. The molecule has 0 aliphatic rings. The lowest BCUT2D eigenvalue weighted by atomic mass is 10.2. The number of benzene rings is 1. The van der Waals surface area contributed by atoms with Crippen LogP contribution in [0.3, 0.4) is 0 Å². The fourth-order valence-electron chi connectivity index (χ4n) is 1.51. The molecular formula is C11H9ClN2O4S2. The third-order valence-electron chi connectivity index (χ3n) is 2.41. The smallest absolute Gasteiger partial charge is 0.340 e. The van der Waals surface area contributed by atoms with Crippen molar-refractivity contribution in [2.24, 2.45) is 0 Å². The number of nitrogens with one attached hydrogen (secondary N) is 1. The number of carbonyl (C=O) groups is 1. The number of carboxylic acid groups (broad SMARTS) is 1. The van der Waals surface area contributed by atoms with Crippen LogP contribution >= 0.6 is 23.1 Å². The zero-order valence-corrected chi connectivity index (χ0v) is 12.5. The molecule has 2 rings (SSSR count). The molecule has 1 heterocycles. The highest BCUT2D eigenvalue weighted by molar-refractivity contribution is 7.93. The molecule has 0 amide bonds. The van der Waals surface area contributed by atoms with Gasteiger partial charge in [0.2, 0.25) is 0 Å². The molecule has 0 bridgehead atoms. The molecule has 9 heteroatoms.